The molecule has 2 unspecified atom stereocenters. The highest BCUT2D eigenvalue weighted by Gasteiger charge is 2.29. The second-order valence-corrected chi connectivity index (χ2v) is 10.5. The first kappa shape index (κ1) is 21.1. The topological polar surface area (TPSA) is 88.7 Å². The lowest BCUT2D eigenvalue weighted by Gasteiger charge is -2.27. The standard InChI is InChI=1S/C19H23ClN4O2S2/c1-11(23-28(26)19(2,3)4)14-9-13(20)6-5-12(14)10-24-15-7-8-21-16(15)17(25)22-18(24)27/h5-9,11,21,23H,10H2,1-4H3,(H,22,25,27). The van der Waals surface area contributed by atoms with Gasteiger partial charge in [-0.25, -0.2) is 0 Å². The number of H-pyrrole nitrogens is 2. The van der Waals surface area contributed by atoms with Crippen LogP contribution in [0.3, 0.4) is 0 Å². The quantitative estimate of drug-likeness (QED) is 0.411. The predicted molar refractivity (Wildman–Crippen MR) is 118 cm³/mol. The van der Waals surface area contributed by atoms with Crippen molar-refractivity contribution in [3.05, 3.63) is 61.7 Å². The Hall–Kier alpha value is -1.58. The summed E-state index contributed by atoms with van der Waals surface area (Å²) in [4.78, 5) is 17.7. The molecule has 150 valence electrons. The lowest BCUT2D eigenvalue weighted by atomic mass is 10.0. The molecular weight excluding hydrogens is 416 g/mol. The van der Waals surface area contributed by atoms with Gasteiger partial charge in [0.1, 0.15) is 10.3 Å². The molecule has 1 aromatic carbocycles. The zero-order chi connectivity index (χ0) is 20.6. The lowest BCUT2D eigenvalue weighted by Crippen LogP contribution is -2.40. The third-order valence-electron chi connectivity index (χ3n) is 4.45. The molecule has 9 heteroatoms. The molecule has 2 aromatic heterocycles. The van der Waals surface area contributed by atoms with E-state index < -0.39 is 11.4 Å². The first-order valence-corrected chi connectivity index (χ1v) is 10.8. The van der Waals surface area contributed by atoms with Gasteiger partial charge in [-0.1, -0.05) is 17.7 Å². The van der Waals surface area contributed by atoms with Crippen molar-refractivity contribution in [2.45, 2.75) is 45.0 Å². The van der Waals surface area contributed by atoms with Crippen LogP contribution in [0.4, 0.5) is 0 Å². The van der Waals surface area contributed by atoms with E-state index in [4.69, 9.17) is 23.8 Å². The van der Waals surface area contributed by atoms with Crippen LogP contribution in [0.1, 0.15) is 44.9 Å². The number of halogens is 1. The van der Waals surface area contributed by atoms with E-state index in [-0.39, 0.29) is 16.3 Å². The van der Waals surface area contributed by atoms with Crippen LogP contribution in [0, 0.1) is 4.77 Å². The molecule has 0 saturated heterocycles. The molecule has 0 aliphatic carbocycles. The minimum atomic E-state index is -1.23. The monoisotopic (exact) mass is 438 g/mol. The van der Waals surface area contributed by atoms with Gasteiger partial charge in [0.25, 0.3) is 5.56 Å². The van der Waals surface area contributed by atoms with Crippen LogP contribution < -0.4 is 10.3 Å². The number of benzene rings is 1. The third-order valence-corrected chi connectivity index (χ3v) is 6.69. The van der Waals surface area contributed by atoms with Gasteiger partial charge in [-0.3, -0.25) is 9.78 Å². The molecule has 2 heterocycles. The van der Waals surface area contributed by atoms with Crippen LogP contribution in [-0.2, 0) is 17.9 Å². The van der Waals surface area contributed by atoms with Gasteiger partial charge in [0, 0.05) is 22.6 Å². The first-order chi connectivity index (χ1) is 13.1. The van der Waals surface area contributed by atoms with Crippen molar-refractivity contribution in [1.29, 1.82) is 0 Å². The summed E-state index contributed by atoms with van der Waals surface area (Å²) in [6.07, 6.45) is 1.71. The van der Waals surface area contributed by atoms with E-state index in [1.165, 1.54) is 0 Å². The van der Waals surface area contributed by atoms with Crippen molar-refractivity contribution in [1.82, 2.24) is 19.3 Å². The van der Waals surface area contributed by atoms with E-state index in [2.05, 4.69) is 14.7 Å². The third kappa shape index (κ3) is 4.36. The summed E-state index contributed by atoms with van der Waals surface area (Å²) in [7, 11) is 0. The minimum absolute atomic E-state index is 0.188. The van der Waals surface area contributed by atoms with Crippen molar-refractivity contribution in [3.63, 3.8) is 0 Å². The van der Waals surface area contributed by atoms with Crippen molar-refractivity contribution in [2.24, 2.45) is 0 Å². The Morgan fingerprint density at radius 2 is 2.07 bits per heavy atom. The van der Waals surface area contributed by atoms with Crippen LogP contribution >= 0.6 is 23.8 Å². The van der Waals surface area contributed by atoms with Crippen LogP contribution in [0.15, 0.2) is 35.3 Å². The highest BCUT2D eigenvalue weighted by molar-refractivity contribution is 7.90. The van der Waals surface area contributed by atoms with Crippen molar-refractivity contribution in [2.75, 3.05) is 0 Å². The Balaban J connectivity index is 2.02. The van der Waals surface area contributed by atoms with Crippen LogP contribution in [-0.4, -0.2) is 23.8 Å². The summed E-state index contributed by atoms with van der Waals surface area (Å²) in [6.45, 7) is 8.17. The predicted octanol–water partition coefficient (Wildman–Crippen LogP) is 4.20. The summed E-state index contributed by atoms with van der Waals surface area (Å²) >= 11 is 10.4. The summed E-state index contributed by atoms with van der Waals surface area (Å²) in [5, 5.41) is 0.603. The molecule has 3 N–H and O–H groups in total. The van der Waals surface area contributed by atoms with E-state index >= 15 is 0 Å². The summed E-state index contributed by atoms with van der Waals surface area (Å²) in [6, 6.07) is 7.26. The smallest absolute Gasteiger partial charge is 0.276 e. The van der Waals surface area contributed by atoms with Gasteiger partial charge in [-0.15, -0.1) is 4.72 Å². The molecular formula is C19H23ClN4O2S2. The van der Waals surface area contributed by atoms with E-state index in [1.54, 1.807) is 6.20 Å². The number of aromatic amines is 2. The summed E-state index contributed by atoms with van der Waals surface area (Å²) in [5.41, 5.74) is 2.87. The maximum absolute atomic E-state index is 12.5. The molecule has 3 aromatic rings. The molecule has 28 heavy (non-hydrogen) atoms. The Morgan fingerprint density at radius 1 is 1.36 bits per heavy atom. The zero-order valence-corrected chi connectivity index (χ0v) is 18.5. The molecule has 3 rings (SSSR count). The average molecular weight is 439 g/mol. The minimum Gasteiger partial charge on any atom is -0.598 e. The van der Waals surface area contributed by atoms with E-state index in [9.17, 15) is 9.35 Å². The van der Waals surface area contributed by atoms with E-state index in [1.807, 2.05) is 56.5 Å². The van der Waals surface area contributed by atoms with Crippen molar-refractivity contribution < 1.29 is 4.55 Å². The second kappa shape index (κ2) is 8.04. The summed E-state index contributed by atoms with van der Waals surface area (Å²) in [5.74, 6) is 0. The van der Waals surface area contributed by atoms with Crippen LogP contribution in [0.5, 0.6) is 0 Å². The van der Waals surface area contributed by atoms with E-state index in [0.717, 1.165) is 16.6 Å². The fourth-order valence-corrected chi connectivity index (χ4v) is 4.18. The Kier molecular flexibility index (Phi) is 6.07. The fourth-order valence-electron chi connectivity index (χ4n) is 2.95. The Labute approximate surface area is 176 Å². The van der Waals surface area contributed by atoms with Gasteiger partial charge in [0.2, 0.25) is 0 Å². The Bertz CT molecular complexity index is 1110. The molecule has 0 aliphatic heterocycles. The number of hydrogen-bond acceptors (Lipinski definition) is 4. The highest BCUT2D eigenvalue weighted by Crippen LogP contribution is 2.26. The first-order valence-electron chi connectivity index (χ1n) is 8.84. The van der Waals surface area contributed by atoms with Gasteiger partial charge in [-0.05, 0) is 69.2 Å². The highest BCUT2D eigenvalue weighted by atomic mass is 35.5. The maximum atomic E-state index is 12.5. The summed E-state index contributed by atoms with van der Waals surface area (Å²) < 4.78 is 17.5. The van der Waals surface area contributed by atoms with Crippen LogP contribution in [0.2, 0.25) is 5.02 Å². The van der Waals surface area contributed by atoms with Crippen molar-refractivity contribution >= 4 is 46.2 Å². The molecule has 0 bridgehead atoms. The van der Waals surface area contributed by atoms with Crippen molar-refractivity contribution in [3.8, 4) is 0 Å². The Morgan fingerprint density at radius 3 is 2.75 bits per heavy atom. The molecule has 0 amide bonds. The average Bonchev–Trinajstić information content (AvgIpc) is 3.08. The molecule has 0 saturated carbocycles. The number of rotatable bonds is 5. The van der Waals surface area contributed by atoms with Gasteiger partial charge in [0.05, 0.1) is 18.1 Å². The second-order valence-electron chi connectivity index (χ2n) is 7.65. The van der Waals surface area contributed by atoms with Gasteiger partial charge < -0.3 is 14.1 Å². The largest absolute Gasteiger partial charge is 0.598 e. The number of nitrogens with one attached hydrogen (secondary N) is 3. The van der Waals surface area contributed by atoms with E-state index in [0.29, 0.717) is 21.9 Å². The number of hydrogen-bond donors (Lipinski definition) is 3. The number of aromatic nitrogens is 3. The molecule has 0 radical (unpaired) electrons. The fraction of sp³-hybridized carbons (Fsp3) is 0.368. The zero-order valence-electron chi connectivity index (χ0n) is 16.1. The van der Waals surface area contributed by atoms with Gasteiger partial charge in [-0.2, -0.15) is 0 Å². The van der Waals surface area contributed by atoms with Crippen LogP contribution in [0.25, 0.3) is 11.0 Å². The molecule has 6 nitrogen and oxygen atoms in total. The van der Waals surface area contributed by atoms with Gasteiger partial charge >= 0.3 is 0 Å². The molecule has 0 fully saturated rings. The number of fused-ring (bicyclic) bond motifs is 1. The lowest BCUT2D eigenvalue weighted by molar-refractivity contribution is 0.530. The molecule has 0 aliphatic rings. The number of nitrogens with zero attached hydrogens (tertiary/aromatic N) is 1. The SMILES string of the molecule is CC(N[S+]([O-])C(C)(C)C)c1cc(Cl)ccc1Cn1c(=S)[nH]c(=O)c2[nH]ccc21. The van der Waals surface area contributed by atoms with Gasteiger partial charge in [0.15, 0.2) is 4.77 Å². The molecule has 0 spiro atoms. The molecule has 2 atom stereocenters. The normalized spacial score (nSPS) is 14.4. The maximum Gasteiger partial charge on any atom is 0.276 e.